The Hall–Kier alpha value is -1.56. The summed E-state index contributed by atoms with van der Waals surface area (Å²) in [6.45, 7) is 8.46. The first kappa shape index (κ1) is 19.2. The predicted molar refractivity (Wildman–Crippen MR) is 108 cm³/mol. The van der Waals surface area contributed by atoms with E-state index in [-0.39, 0.29) is 5.75 Å². The Bertz CT molecular complexity index is 858. The number of anilines is 1. The van der Waals surface area contributed by atoms with Gasteiger partial charge in [-0.3, -0.25) is 4.90 Å². The fourth-order valence-electron chi connectivity index (χ4n) is 3.30. The van der Waals surface area contributed by atoms with Crippen molar-refractivity contribution in [2.24, 2.45) is 0 Å². The zero-order valence-electron chi connectivity index (χ0n) is 15.3. The van der Waals surface area contributed by atoms with Crippen molar-refractivity contribution in [3.05, 3.63) is 58.6 Å². The Balaban J connectivity index is 1.56. The van der Waals surface area contributed by atoms with Crippen LogP contribution in [-0.2, 0) is 9.84 Å². The molecule has 0 bridgehead atoms. The van der Waals surface area contributed by atoms with Gasteiger partial charge in [-0.25, -0.2) is 8.42 Å². The second kappa shape index (κ2) is 7.99. The second-order valence-corrected chi connectivity index (χ2v) is 9.37. The van der Waals surface area contributed by atoms with Gasteiger partial charge < -0.3 is 4.90 Å². The van der Waals surface area contributed by atoms with Crippen molar-refractivity contribution in [1.29, 1.82) is 0 Å². The van der Waals surface area contributed by atoms with Crippen LogP contribution in [0.5, 0.6) is 0 Å². The average molecular weight is 393 g/mol. The third-order valence-corrected chi connectivity index (χ3v) is 7.10. The smallest absolute Gasteiger partial charge is 0.179 e. The first-order valence-electron chi connectivity index (χ1n) is 8.89. The Morgan fingerprint density at radius 1 is 0.962 bits per heavy atom. The molecule has 1 heterocycles. The lowest BCUT2D eigenvalue weighted by Gasteiger charge is -2.37. The molecule has 0 aliphatic carbocycles. The van der Waals surface area contributed by atoms with Gasteiger partial charge in [-0.15, -0.1) is 0 Å². The Morgan fingerprint density at radius 3 is 2.27 bits per heavy atom. The number of sulfone groups is 1. The highest BCUT2D eigenvalue weighted by Crippen LogP contribution is 2.24. The lowest BCUT2D eigenvalue weighted by atomic mass is 10.1. The molecule has 0 amide bonds. The molecule has 0 atom stereocenters. The van der Waals surface area contributed by atoms with Gasteiger partial charge in [-0.05, 0) is 55.3 Å². The molecule has 0 saturated carbocycles. The van der Waals surface area contributed by atoms with Gasteiger partial charge in [0.25, 0.3) is 0 Å². The molecule has 4 nitrogen and oxygen atoms in total. The minimum Gasteiger partial charge on any atom is -0.369 e. The Morgan fingerprint density at radius 2 is 1.62 bits per heavy atom. The standard InChI is InChI=1S/C20H25ClN2O2S/c1-16-4-3-5-20(17(16)2)23-12-10-22(11-13-23)14-15-26(24,25)19-8-6-18(21)7-9-19/h3-9H,10-15H2,1-2H3. The van der Waals surface area contributed by atoms with E-state index >= 15 is 0 Å². The lowest BCUT2D eigenvalue weighted by molar-refractivity contribution is 0.272. The van der Waals surface area contributed by atoms with Gasteiger partial charge in [-0.1, -0.05) is 23.7 Å². The van der Waals surface area contributed by atoms with Crippen LogP contribution in [0.25, 0.3) is 0 Å². The van der Waals surface area contributed by atoms with Gasteiger partial charge in [0, 0.05) is 43.4 Å². The van der Waals surface area contributed by atoms with Crippen molar-refractivity contribution in [2.75, 3.05) is 43.4 Å². The molecular weight excluding hydrogens is 368 g/mol. The van der Waals surface area contributed by atoms with Crippen LogP contribution in [0.2, 0.25) is 5.02 Å². The third-order valence-electron chi connectivity index (χ3n) is 5.14. The molecule has 3 rings (SSSR count). The molecule has 6 heteroatoms. The Kier molecular flexibility index (Phi) is 5.90. The zero-order chi connectivity index (χ0) is 18.7. The zero-order valence-corrected chi connectivity index (χ0v) is 16.9. The molecule has 1 fully saturated rings. The third kappa shape index (κ3) is 4.40. The van der Waals surface area contributed by atoms with E-state index in [0.29, 0.717) is 16.5 Å². The van der Waals surface area contributed by atoms with Crippen molar-refractivity contribution in [3.8, 4) is 0 Å². The first-order valence-corrected chi connectivity index (χ1v) is 10.9. The molecule has 26 heavy (non-hydrogen) atoms. The van der Waals surface area contributed by atoms with E-state index in [1.807, 2.05) is 0 Å². The van der Waals surface area contributed by atoms with Crippen LogP contribution in [0.4, 0.5) is 5.69 Å². The van der Waals surface area contributed by atoms with Crippen molar-refractivity contribution < 1.29 is 8.42 Å². The number of hydrogen-bond acceptors (Lipinski definition) is 4. The fraction of sp³-hybridized carbons (Fsp3) is 0.400. The van der Waals surface area contributed by atoms with Gasteiger partial charge >= 0.3 is 0 Å². The maximum atomic E-state index is 12.5. The average Bonchev–Trinajstić information content (AvgIpc) is 2.63. The van der Waals surface area contributed by atoms with E-state index in [2.05, 4.69) is 41.8 Å². The summed E-state index contributed by atoms with van der Waals surface area (Å²) >= 11 is 5.84. The van der Waals surface area contributed by atoms with Crippen LogP contribution in [0.15, 0.2) is 47.4 Å². The van der Waals surface area contributed by atoms with E-state index in [1.165, 1.54) is 16.8 Å². The first-order chi connectivity index (χ1) is 12.4. The minimum absolute atomic E-state index is 0.137. The van der Waals surface area contributed by atoms with Crippen LogP contribution in [0.3, 0.4) is 0 Å². The van der Waals surface area contributed by atoms with Crippen molar-refractivity contribution in [3.63, 3.8) is 0 Å². The summed E-state index contributed by atoms with van der Waals surface area (Å²) < 4.78 is 24.9. The van der Waals surface area contributed by atoms with Crippen LogP contribution in [0.1, 0.15) is 11.1 Å². The normalized spacial score (nSPS) is 16.0. The van der Waals surface area contributed by atoms with Crippen molar-refractivity contribution in [1.82, 2.24) is 4.90 Å². The van der Waals surface area contributed by atoms with E-state index in [4.69, 9.17) is 11.6 Å². The molecule has 2 aromatic carbocycles. The van der Waals surface area contributed by atoms with Crippen molar-refractivity contribution >= 4 is 27.1 Å². The van der Waals surface area contributed by atoms with Gasteiger partial charge in [0.15, 0.2) is 9.84 Å². The fourth-order valence-corrected chi connectivity index (χ4v) is 4.71. The van der Waals surface area contributed by atoms with E-state index in [1.54, 1.807) is 24.3 Å². The Labute approximate surface area is 161 Å². The maximum Gasteiger partial charge on any atom is 0.179 e. The highest BCUT2D eigenvalue weighted by molar-refractivity contribution is 7.91. The summed E-state index contributed by atoms with van der Waals surface area (Å²) in [5.74, 6) is 0.137. The summed E-state index contributed by atoms with van der Waals surface area (Å²) in [4.78, 5) is 4.97. The summed E-state index contributed by atoms with van der Waals surface area (Å²) in [5.41, 5.74) is 3.92. The topological polar surface area (TPSA) is 40.6 Å². The van der Waals surface area contributed by atoms with E-state index < -0.39 is 9.84 Å². The number of aryl methyl sites for hydroxylation is 1. The summed E-state index contributed by atoms with van der Waals surface area (Å²) in [6, 6.07) is 12.8. The predicted octanol–water partition coefficient (Wildman–Crippen LogP) is 3.55. The molecular formula is C20H25ClN2O2S. The SMILES string of the molecule is Cc1cccc(N2CCN(CCS(=O)(=O)c3ccc(Cl)cc3)CC2)c1C. The summed E-state index contributed by atoms with van der Waals surface area (Å²) in [6.07, 6.45) is 0. The molecule has 0 N–H and O–H groups in total. The highest BCUT2D eigenvalue weighted by Gasteiger charge is 2.21. The number of benzene rings is 2. The van der Waals surface area contributed by atoms with Crippen LogP contribution >= 0.6 is 11.6 Å². The molecule has 1 aliphatic heterocycles. The van der Waals surface area contributed by atoms with Crippen LogP contribution < -0.4 is 4.90 Å². The second-order valence-electron chi connectivity index (χ2n) is 6.82. The van der Waals surface area contributed by atoms with Gasteiger partial charge in [0.05, 0.1) is 10.6 Å². The number of rotatable bonds is 5. The highest BCUT2D eigenvalue weighted by atomic mass is 35.5. The quantitative estimate of drug-likeness (QED) is 0.780. The maximum absolute atomic E-state index is 12.5. The van der Waals surface area contributed by atoms with Crippen LogP contribution in [0, 0.1) is 13.8 Å². The molecule has 2 aromatic rings. The van der Waals surface area contributed by atoms with E-state index in [0.717, 1.165) is 26.2 Å². The molecule has 0 radical (unpaired) electrons. The summed E-state index contributed by atoms with van der Waals surface area (Å²) in [5, 5.41) is 0.548. The molecule has 1 saturated heterocycles. The van der Waals surface area contributed by atoms with Gasteiger partial charge in [-0.2, -0.15) is 0 Å². The molecule has 0 spiro atoms. The van der Waals surface area contributed by atoms with Gasteiger partial charge in [0.1, 0.15) is 0 Å². The van der Waals surface area contributed by atoms with Gasteiger partial charge in [0.2, 0.25) is 0 Å². The molecule has 0 aromatic heterocycles. The largest absolute Gasteiger partial charge is 0.369 e. The molecule has 0 unspecified atom stereocenters. The number of hydrogen-bond donors (Lipinski definition) is 0. The minimum atomic E-state index is -3.27. The molecule has 1 aliphatic rings. The number of nitrogens with zero attached hydrogens (tertiary/aromatic N) is 2. The number of piperazine rings is 1. The van der Waals surface area contributed by atoms with E-state index in [9.17, 15) is 8.42 Å². The molecule has 140 valence electrons. The summed E-state index contributed by atoms with van der Waals surface area (Å²) in [7, 11) is -3.27. The monoisotopic (exact) mass is 392 g/mol. The lowest BCUT2D eigenvalue weighted by Crippen LogP contribution is -2.47. The number of halogens is 1. The van der Waals surface area contributed by atoms with Crippen LogP contribution in [-0.4, -0.2) is 51.8 Å². The van der Waals surface area contributed by atoms with Crippen molar-refractivity contribution in [2.45, 2.75) is 18.7 Å².